The molecular weight excluding hydrogens is 311 g/mol. The highest BCUT2D eigenvalue weighted by Crippen LogP contribution is 2.26. The lowest BCUT2D eigenvalue weighted by atomic mass is 10.3. The van der Waals surface area contributed by atoms with Crippen LogP contribution in [0.1, 0.15) is 0 Å². The molecule has 10 heteroatoms. The lowest BCUT2D eigenvalue weighted by molar-refractivity contribution is 0.411. The minimum absolute atomic E-state index is 0.127. The fourth-order valence-corrected chi connectivity index (χ4v) is 1.59. The van der Waals surface area contributed by atoms with Crippen LogP contribution in [-0.4, -0.2) is 15.0 Å². The van der Waals surface area contributed by atoms with Gasteiger partial charge in [-0.15, -0.1) is 0 Å². The first-order valence-electron chi connectivity index (χ1n) is 4.55. The van der Waals surface area contributed by atoms with Crippen LogP contribution < -0.4 is 5.32 Å². The lowest BCUT2D eigenvalue weighted by Crippen LogP contribution is -2.07. The van der Waals surface area contributed by atoms with Crippen LogP contribution in [-0.2, 0) is 0 Å². The van der Waals surface area contributed by atoms with E-state index in [0.717, 1.165) is 6.07 Å². The number of hydrogen-bond acceptors (Lipinski definition) is 4. The molecule has 0 aliphatic heterocycles. The molecule has 0 amide bonds. The molecule has 0 aliphatic carbocycles. The second-order valence-electron chi connectivity index (χ2n) is 3.17. The highest BCUT2D eigenvalue weighted by molar-refractivity contribution is 6.32. The SMILES string of the molecule is Fc1nc(F)c(F)c(Nc2cc(Cl)nc(Cl)n2)c1F. The maximum atomic E-state index is 13.3. The second-order valence-corrected chi connectivity index (χ2v) is 3.89. The summed E-state index contributed by atoms with van der Waals surface area (Å²) >= 11 is 11.0. The zero-order valence-electron chi connectivity index (χ0n) is 8.69. The van der Waals surface area contributed by atoms with Crippen molar-refractivity contribution < 1.29 is 17.6 Å². The second kappa shape index (κ2) is 5.14. The molecule has 2 rings (SSSR count). The van der Waals surface area contributed by atoms with Crippen LogP contribution in [0, 0.1) is 23.5 Å². The molecule has 0 radical (unpaired) electrons. The van der Waals surface area contributed by atoms with Crippen molar-refractivity contribution in [2.45, 2.75) is 0 Å². The van der Waals surface area contributed by atoms with Gasteiger partial charge < -0.3 is 5.32 Å². The lowest BCUT2D eigenvalue weighted by Gasteiger charge is -2.08. The third kappa shape index (κ3) is 2.85. The van der Waals surface area contributed by atoms with Crippen molar-refractivity contribution in [1.82, 2.24) is 15.0 Å². The van der Waals surface area contributed by atoms with Gasteiger partial charge in [0, 0.05) is 6.07 Å². The summed E-state index contributed by atoms with van der Waals surface area (Å²) in [6, 6.07) is 1.06. The van der Waals surface area contributed by atoms with E-state index in [9.17, 15) is 17.6 Å². The summed E-state index contributed by atoms with van der Waals surface area (Å²) in [5.74, 6) is -7.25. The topological polar surface area (TPSA) is 50.7 Å². The van der Waals surface area contributed by atoms with Crippen LogP contribution in [0.25, 0.3) is 0 Å². The molecule has 0 aliphatic rings. The Bertz CT molecular complexity index is 606. The van der Waals surface area contributed by atoms with Gasteiger partial charge in [0.2, 0.25) is 16.9 Å². The Hall–Kier alpha value is -1.67. The summed E-state index contributed by atoms with van der Waals surface area (Å²) in [4.78, 5) is 9.42. The molecule has 0 atom stereocenters. The van der Waals surface area contributed by atoms with Crippen molar-refractivity contribution in [1.29, 1.82) is 0 Å². The largest absolute Gasteiger partial charge is 0.335 e. The molecule has 0 bridgehead atoms. The van der Waals surface area contributed by atoms with Crippen LogP contribution >= 0.6 is 23.2 Å². The van der Waals surface area contributed by atoms with Gasteiger partial charge in [0.05, 0.1) is 0 Å². The van der Waals surface area contributed by atoms with Gasteiger partial charge in [-0.1, -0.05) is 11.6 Å². The van der Waals surface area contributed by atoms with Crippen molar-refractivity contribution >= 4 is 34.7 Å². The molecule has 0 fully saturated rings. The Balaban J connectivity index is 2.49. The molecule has 2 aromatic rings. The van der Waals surface area contributed by atoms with Crippen LogP contribution in [0.3, 0.4) is 0 Å². The molecular formula is C9H2Cl2F4N4. The van der Waals surface area contributed by atoms with E-state index in [1.807, 2.05) is 5.32 Å². The zero-order chi connectivity index (χ0) is 14.2. The van der Waals surface area contributed by atoms with Crippen molar-refractivity contribution in [2.75, 3.05) is 5.32 Å². The Morgan fingerprint density at radius 1 is 0.895 bits per heavy atom. The summed E-state index contributed by atoms with van der Waals surface area (Å²) in [7, 11) is 0. The van der Waals surface area contributed by atoms with Crippen molar-refractivity contribution in [2.24, 2.45) is 0 Å². The predicted molar refractivity (Wildman–Crippen MR) is 59.4 cm³/mol. The maximum absolute atomic E-state index is 13.3. The fourth-order valence-electron chi connectivity index (χ4n) is 1.18. The molecule has 100 valence electrons. The van der Waals surface area contributed by atoms with Crippen molar-refractivity contribution in [3.05, 3.63) is 40.0 Å². The molecule has 19 heavy (non-hydrogen) atoms. The first-order chi connectivity index (χ1) is 8.88. The summed E-state index contributed by atoms with van der Waals surface area (Å²) < 4.78 is 52.4. The smallest absolute Gasteiger partial charge is 0.253 e. The molecule has 2 aromatic heterocycles. The minimum Gasteiger partial charge on any atom is -0.335 e. The van der Waals surface area contributed by atoms with Crippen LogP contribution in [0.15, 0.2) is 6.07 Å². The van der Waals surface area contributed by atoms with Crippen molar-refractivity contribution in [3.63, 3.8) is 0 Å². The van der Waals surface area contributed by atoms with Crippen LogP contribution in [0.2, 0.25) is 10.4 Å². The average Bonchev–Trinajstić information content (AvgIpc) is 2.31. The quantitative estimate of drug-likeness (QED) is 0.399. The van der Waals surface area contributed by atoms with E-state index in [-0.39, 0.29) is 16.3 Å². The monoisotopic (exact) mass is 312 g/mol. The molecule has 0 spiro atoms. The number of hydrogen-bond donors (Lipinski definition) is 1. The molecule has 0 aromatic carbocycles. The van der Waals surface area contributed by atoms with E-state index in [4.69, 9.17) is 23.2 Å². The molecule has 0 saturated heterocycles. The first-order valence-corrected chi connectivity index (χ1v) is 5.31. The van der Waals surface area contributed by atoms with E-state index >= 15 is 0 Å². The van der Waals surface area contributed by atoms with Crippen molar-refractivity contribution in [3.8, 4) is 0 Å². The maximum Gasteiger partial charge on any atom is 0.253 e. The number of halogens is 6. The third-order valence-electron chi connectivity index (χ3n) is 1.92. The van der Waals surface area contributed by atoms with E-state index in [0.29, 0.717) is 0 Å². The Labute approximate surface area is 113 Å². The van der Waals surface area contributed by atoms with Gasteiger partial charge in [-0.05, 0) is 11.6 Å². The zero-order valence-corrected chi connectivity index (χ0v) is 10.2. The van der Waals surface area contributed by atoms with E-state index in [2.05, 4.69) is 15.0 Å². The molecule has 0 unspecified atom stereocenters. The average molecular weight is 313 g/mol. The third-order valence-corrected chi connectivity index (χ3v) is 2.28. The molecule has 0 saturated carbocycles. The number of aromatic nitrogens is 3. The van der Waals surface area contributed by atoms with Gasteiger partial charge in [-0.2, -0.15) is 22.5 Å². The van der Waals surface area contributed by atoms with E-state index in [1.165, 1.54) is 0 Å². The van der Waals surface area contributed by atoms with E-state index in [1.54, 1.807) is 0 Å². The summed E-state index contributed by atoms with van der Waals surface area (Å²) in [6.45, 7) is 0. The molecule has 2 heterocycles. The Morgan fingerprint density at radius 3 is 2.00 bits per heavy atom. The number of anilines is 2. The highest BCUT2D eigenvalue weighted by Gasteiger charge is 2.21. The van der Waals surface area contributed by atoms with Gasteiger partial charge >= 0.3 is 0 Å². The highest BCUT2D eigenvalue weighted by atomic mass is 35.5. The van der Waals surface area contributed by atoms with Gasteiger partial charge in [0.1, 0.15) is 16.7 Å². The predicted octanol–water partition coefficient (Wildman–Crippen LogP) is 3.48. The van der Waals surface area contributed by atoms with Gasteiger partial charge in [0.15, 0.2) is 0 Å². The standard InChI is InChI=1S/C9H2Cl2F4N4/c10-2-1-3(18-9(11)16-2)17-6-4(12)7(14)19-8(15)5(6)13/h1H,(H,16,17,18,19). The molecule has 1 N–H and O–H groups in total. The molecule has 4 nitrogen and oxygen atoms in total. The minimum atomic E-state index is -1.80. The number of nitrogens with one attached hydrogen (secondary N) is 1. The van der Waals surface area contributed by atoms with Gasteiger partial charge in [0.25, 0.3) is 11.9 Å². The van der Waals surface area contributed by atoms with Crippen LogP contribution in [0.4, 0.5) is 29.1 Å². The summed E-state index contributed by atoms with van der Waals surface area (Å²) in [5, 5.41) is 1.57. The number of pyridine rings is 1. The Morgan fingerprint density at radius 2 is 1.47 bits per heavy atom. The number of nitrogens with zero attached hydrogens (tertiary/aromatic N) is 3. The normalized spacial score (nSPS) is 10.6. The summed E-state index contributed by atoms with van der Waals surface area (Å²) in [6.07, 6.45) is 0. The first kappa shape index (κ1) is 13.8. The fraction of sp³-hybridized carbons (Fsp3) is 0. The van der Waals surface area contributed by atoms with E-state index < -0.39 is 29.2 Å². The number of rotatable bonds is 2. The summed E-state index contributed by atoms with van der Waals surface area (Å²) in [5.41, 5.74) is -1.10. The van der Waals surface area contributed by atoms with Crippen LogP contribution in [0.5, 0.6) is 0 Å². The van der Waals surface area contributed by atoms with Gasteiger partial charge in [-0.3, -0.25) is 0 Å². The Kier molecular flexibility index (Phi) is 3.72. The van der Waals surface area contributed by atoms with Gasteiger partial charge in [-0.25, -0.2) is 9.97 Å².